The molecule has 0 bridgehead atoms. The van der Waals surface area contributed by atoms with E-state index in [0.29, 0.717) is 18.9 Å². The van der Waals surface area contributed by atoms with Crippen LogP contribution in [0.2, 0.25) is 0 Å². The van der Waals surface area contributed by atoms with Crippen molar-refractivity contribution in [1.29, 1.82) is 0 Å². The number of benzene rings is 1. The minimum atomic E-state index is -0.774. The van der Waals surface area contributed by atoms with E-state index in [4.69, 9.17) is 10.5 Å². The molecule has 0 spiro atoms. The van der Waals surface area contributed by atoms with Crippen molar-refractivity contribution in [3.05, 3.63) is 23.8 Å². The summed E-state index contributed by atoms with van der Waals surface area (Å²) in [5.41, 5.74) is 5.40. The van der Waals surface area contributed by atoms with E-state index in [9.17, 15) is 9.90 Å². The molecule has 0 aliphatic heterocycles. The Hall–Kier alpha value is -1.75. The first-order chi connectivity index (χ1) is 8.36. The Morgan fingerprint density at radius 3 is 2.72 bits per heavy atom. The molecule has 18 heavy (non-hydrogen) atoms. The first-order valence-electron chi connectivity index (χ1n) is 5.86. The molecule has 1 aromatic carbocycles. The van der Waals surface area contributed by atoms with Crippen molar-refractivity contribution in [2.45, 2.75) is 32.9 Å². The van der Waals surface area contributed by atoms with Crippen LogP contribution >= 0.6 is 0 Å². The highest BCUT2D eigenvalue weighted by Gasteiger charge is 2.23. The molecule has 0 aliphatic carbocycles. The van der Waals surface area contributed by atoms with Crippen molar-refractivity contribution in [2.24, 2.45) is 5.73 Å². The quantitative estimate of drug-likeness (QED) is 0.709. The van der Waals surface area contributed by atoms with E-state index in [1.54, 1.807) is 32.0 Å². The molecule has 0 radical (unpaired) electrons. The number of phenols is 1. The van der Waals surface area contributed by atoms with Crippen LogP contribution < -0.4 is 15.8 Å². The summed E-state index contributed by atoms with van der Waals surface area (Å²) in [4.78, 5) is 11.2. The molecule has 5 heteroatoms. The smallest absolute Gasteiger partial charge is 0.237 e. The summed E-state index contributed by atoms with van der Waals surface area (Å²) in [6.07, 6.45) is 0. The molecule has 0 heterocycles. The zero-order valence-electron chi connectivity index (χ0n) is 11.0. The molecule has 0 unspecified atom stereocenters. The van der Waals surface area contributed by atoms with Crippen LogP contribution in [0.1, 0.15) is 26.3 Å². The van der Waals surface area contributed by atoms with Crippen molar-refractivity contribution >= 4 is 5.91 Å². The van der Waals surface area contributed by atoms with E-state index >= 15 is 0 Å². The third kappa shape index (κ3) is 3.63. The van der Waals surface area contributed by atoms with E-state index in [1.165, 1.54) is 0 Å². The first kappa shape index (κ1) is 14.3. The number of rotatable bonds is 6. The van der Waals surface area contributed by atoms with Gasteiger partial charge < -0.3 is 15.6 Å². The summed E-state index contributed by atoms with van der Waals surface area (Å²) in [6.45, 7) is 6.24. The minimum absolute atomic E-state index is 0.106. The van der Waals surface area contributed by atoms with Crippen LogP contribution in [-0.2, 0) is 11.3 Å². The third-order valence-corrected chi connectivity index (χ3v) is 2.67. The highest BCUT2D eigenvalue weighted by atomic mass is 16.5. The molecule has 0 atom stereocenters. The second-order valence-corrected chi connectivity index (χ2v) is 4.58. The van der Waals surface area contributed by atoms with E-state index in [2.05, 4.69) is 5.32 Å². The lowest BCUT2D eigenvalue weighted by Crippen LogP contribution is -2.50. The van der Waals surface area contributed by atoms with Gasteiger partial charge in [-0.25, -0.2) is 0 Å². The lowest BCUT2D eigenvalue weighted by Gasteiger charge is -2.22. The Morgan fingerprint density at radius 2 is 2.17 bits per heavy atom. The van der Waals surface area contributed by atoms with Gasteiger partial charge in [0.1, 0.15) is 0 Å². The molecule has 5 nitrogen and oxygen atoms in total. The Labute approximate surface area is 107 Å². The molecular weight excluding hydrogens is 232 g/mol. The van der Waals surface area contributed by atoms with E-state index < -0.39 is 11.4 Å². The normalized spacial score (nSPS) is 11.3. The summed E-state index contributed by atoms with van der Waals surface area (Å²) in [5.74, 6) is 0.134. The number of hydrogen-bond donors (Lipinski definition) is 3. The summed E-state index contributed by atoms with van der Waals surface area (Å²) >= 11 is 0. The van der Waals surface area contributed by atoms with Crippen LogP contribution in [0.25, 0.3) is 0 Å². The first-order valence-corrected chi connectivity index (χ1v) is 5.86. The Kier molecular flexibility index (Phi) is 4.55. The van der Waals surface area contributed by atoms with E-state index in [0.717, 1.165) is 5.56 Å². The predicted octanol–water partition coefficient (Wildman–Crippen LogP) is 1.14. The number of nitrogens with one attached hydrogen (secondary N) is 1. The number of carbonyl (C=O) groups excluding carboxylic acids is 1. The molecule has 4 N–H and O–H groups in total. The summed E-state index contributed by atoms with van der Waals surface area (Å²) in [6, 6.07) is 5.07. The predicted molar refractivity (Wildman–Crippen MR) is 69.4 cm³/mol. The number of amides is 1. The molecule has 0 fully saturated rings. The fourth-order valence-corrected chi connectivity index (χ4v) is 1.35. The van der Waals surface area contributed by atoms with Gasteiger partial charge in [-0.2, -0.15) is 0 Å². The maximum atomic E-state index is 11.2. The number of nitrogens with two attached hydrogens (primary N) is 1. The lowest BCUT2D eigenvalue weighted by molar-refractivity contribution is -0.123. The standard InChI is InChI=1S/C13H20N2O3/c1-4-18-11-7-9(5-6-10(11)16)8-15-13(2,3)12(14)17/h5-7,15-16H,4,8H2,1-3H3,(H2,14,17). The molecule has 100 valence electrons. The van der Waals surface area contributed by atoms with Crippen LogP contribution in [0, 0.1) is 0 Å². The van der Waals surface area contributed by atoms with Gasteiger partial charge in [0.25, 0.3) is 0 Å². The largest absolute Gasteiger partial charge is 0.504 e. The Morgan fingerprint density at radius 1 is 1.50 bits per heavy atom. The fraction of sp³-hybridized carbons (Fsp3) is 0.462. The number of phenolic OH excluding ortho intramolecular Hbond substituents is 1. The SMILES string of the molecule is CCOc1cc(CNC(C)(C)C(N)=O)ccc1O. The van der Waals surface area contributed by atoms with Gasteiger partial charge in [-0.05, 0) is 38.5 Å². The highest BCUT2D eigenvalue weighted by molar-refractivity contribution is 5.83. The lowest BCUT2D eigenvalue weighted by atomic mass is 10.0. The summed E-state index contributed by atoms with van der Waals surface area (Å²) in [7, 11) is 0. The van der Waals surface area contributed by atoms with Crippen LogP contribution in [-0.4, -0.2) is 23.2 Å². The average Bonchev–Trinajstić information content (AvgIpc) is 2.30. The fourth-order valence-electron chi connectivity index (χ4n) is 1.35. The molecule has 1 aromatic rings. The number of carbonyl (C=O) groups is 1. The molecule has 0 saturated heterocycles. The van der Waals surface area contributed by atoms with E-state index in [-0.39, 0.29) is 5.75 Å². The third-order valence-electron chi connectivity index (χ3n) is 2.67. The maximum Gasteiger partial charge on any atom is 0.237 e. The summed E-state index contributed by atoms with van der Waals surface area (Å²) < 4.78 is 5.29. The van der Waals surface area contributed by atoms with Gasteiger partial charge in [0.05, 0.1) is 12.1 Å². The molecule has 1 rings (SSSR count). The summed E-state index contributed by atoms with van der Waals surface area (Å²) in [5, 5.41) is 12.6. The van der Waals surface area contributed by atoms with Gasteiger partial charge in [0.2, 0.25) is 5.91 Å². The second kappa shape index (κ2) is 5.73. The Bertz CT molecular complexity index is 430. The van der Waals surface area contributed by atoms with Crippen molar-refractivity contribution in [3.63, 3.8) is 0 Å². The number of hydrogen-bond acceptors (Lipinski definition) is 4. The molecular formula is C13H20N2O3. The zero-order chi connectivity index (χ0) is 13.8. The van der Waals surface area contributed by atoms with Gasteiger partial charge in [-0.1, -0.05) is 6.07 Å². The van der Waals surface area contributed by atoms with Gasteiger partial charge in [-0.3, -0.25) is 10.1 Å². The monoisotopic (exact) mass is 252 g/mol. The minimum Gasteiger partial charge on any atom is -0.504 e. The second-order valence-electron chi connectivity index (χ2n) is 4.58. The Balaban J connectivity index is 2.74. The topological polar surface area (TPSA) is 84.6 Å². The average molecular weight is 252 g/mol. The van der Waals surface area contributed by atoms with Crippen LogP contribution in [0.15, 0.2) is 18.2 Å². The number of ether oxygens (including phenoxy) is 1. The van der Waals surface area contributed by atoms with Gasteiger partial charge in [0, 0.05) is 6.54 Å². The van der Waals surface area contributed by atoms with E-state index in [1.807, 2.05) is 6.92 Å². The molecule has 0 saturated carbocycles. The molecule has 1 amide bonds. The maximum absolute atomic E-state index is 11.2. The molecule has 0 aromatic heterocycles. The van der Waals surface area contributed by atoms with Crippen molar-refractivity contribution < 1.29 is 14.6 Å². The number of aromatic hydroxyl groups is 1. The van der Waals surface area contributed by atoms with Crippen LogP contribution in [0.3, 0.4) is 0 Å². The number of primary amides is 1. The van der Waals surface area contributed by atoms with Crippen molar-refractivity contribution in [2.75, 3.05) is 6.61 Å². The highest BCUT2D eigenvalue weighted by Crippen LogP contribution is 2.26. The van der Waals surface area contributed by atoms with Gasteiger partial charge in [-0.15, -0.1) is 0 Å². The van der Waals surface area contributed by atoms with Crippen molar-refractivity contribution in [1.82, 2.24) is 5.32 Å². The van der Waals surface area contributed by atoms with Gasteiger partial charge in [0.15, 0.2) is 11.5 Å². The molecule has 0 aliphatic rings. The zero-order valence-corrected chi connectivity index (χ0v) is 11.0. The van der Waals surface area contributed by atoms with Crippen LogP contribution in [0.4, 0.5) is 0 Å². The van der Waals surface area contributed by atoms with Gasteiger partial charge >= 0.3 is 0 Å². The van der Waals surface area contributed by atoms with Crippen molar-refractivity contribution in [3.8, 4) is 11.5 Å². The van der Waals surface area contributed by atoms with Crippen LogP contribution in [0.5, 0.6) is 11.5 Å².